The molecule has 3 rings (SSSR count). The molecule has 1 aromatic heterocycles. The van der Waals surface area contributed by atoms with Gasteiger partial charge >= 0.3 is 0 Å². The summed E-state index contributed by atoms with van der Waals surface area (Å²) in [6, 6.07) is 8.50. The zero-order chi connectivity index (χ0) is 14.3. The first-order valence-corrected chi connectivity index (χ1v) is 8.78. The van der Waals surface area contributed by atoms with E-state index >= 15 is 0 Å². The number of rotatable bonds is 2. The molecule has 0 unspecified atom stereocenters. The fraction of sp³-hybridized carbons (Fsp3) is 0.231. The van der Waals surface area contributed by atoms with Crippen LogP contribution in [-0.2, 0) is 16.4 Å². The van der Waals surface area contributed by atoms with E-state index in [9.17, 15) is 8.42 Å². The monoisotopic (exact) mass is 328 g/mol. The van der Waals surface area contributed by atoms with Gasteiger partial charge in [0.2, 0.25) is 0 Å². The van der Waals surface area contributed by atoms with Crippen molar-refractivity contribution in [3.05, 3.63) is 40.2 Å². The molecule has 2 heterocycles. The first-order chi connectivity index (χ1) is 9.48. The summed E-state index contributed by atoms with van der Waals surface area (Å²) < 4.78 is 27.6. The standard InChI is InChI=1S/C13H13ClN2O2S2/c14-12-5-6-13(19-12)20(17,18)16-7-1-2-9-8-10(15)3-4-11(9)16/h3-6,8H,1-2,7,15H2. The van der Waals surface area contributed by atoms with E-state index in [2.05, 4.69) is 0 Å². The van der Waals surface area contributed by atoms with Crippen molar-refractivity contribution >= 4 is 44.3 Å². The molecule has 20 heavy (non-hydrogen) atoms. The minimum atomic E-state index is -3.54. The third kappa shape index (κ3) is 2.28. The summed E-state index contributed by atoms with van der Waals surface area (Å²) in [6.45, 7) is 0.481. The SMILES string of the molecule is Nc1ccc2c(c1)CCCN2S(=O)(=O)c1ccc(Cl)s1. The highest BCUT2D eigenvalue weighted by atomic mass is 35.5. The van der Waals surface area contributed by atoms with Crippen molar-refractivity contribution < 1.29 is 8.42 Å². The second-order valence-electron chi connectivity index (χ2n) is 4.63. The van der Waals surface area contributed by atoms with Gasteiger partial charge < -0.3 is 5.73 Å². The van der Waals surface area contributed by atoms with Crippen LogP contribution in [0.15, 0.2) is 34.5 Å². The van der Waals surface area contributed by atoms with Gasteiger partial charge in [0.05, 0.1) is 10.0 Å². The quantitative estimate of drug-likeness (QED) is 0.861. The van der Waals surface area contributed by atoms with E-state index in [1.165, 1.54) is 4.31 Å². The molecule has 0 saturated carbocycles. The van der Waals surface area contributed by atoms with Gasteiger partial charge in [0.1, 0.15) is 4.21 Å². The van der Waals surface area contributed by atoms with Crippen LogP contribution in [0.1, 0.15) is 12.0 Å². The minimum absolute atomic E-state index is 0.271. The number of nitrogens with two attached hydrogens (primary N) is 1. The van der Waals surface area contributed by atoms with Gasteiger partial charge in [-0.1, -0.05) is 11.6 Å². The fourth-order valence-electron chi connectivity index (χ4n) is 2.38. The lowest BCUT2D eigenvalue weighted by atomic mass is 10.0. The molecule has 0 spiro atoms. The molecule has 2 N–H and O–H groups in total. The lowest BCUT2D eigenvalue weighted by Gasteiger charge is -2.30. The first kappa shape index (κ1) is 13.7. The molecule has 0 amide bonds. The summed E-state index contributed by atoms with van der Waals surface area (Å²) in [6.07, 6.45) is 1.63. The van der Waals surface area contributed by atoms with Gasteiger partial charge in [-0.15, -0.1) is 11.3 Å². The van der Waals surface area contributed by atoms with Gasteiger partial charge in [-0.2, -0.15) is 0 Å². The van der Waals surface area contributed by atoms with Crippen LogP contribution in [0.2, 0.25) is 4.34 Å². The average molecular weight is 329 g/mol. The summed E-state index contributed by atoms with van der Waals surface area (Å²) >= 11 is 6.92. The van der Waals surface area contributed by atoms with Gasteiger partial charge in [0.15, 0.2) is 0 Å². The van der Waals surface area contributed by atoms with E-state index in [4.69, 9.17) is 17.3 Å². The number of nitrogen functional groups attached to an aromatic ring is 1. The van der Waals surface area contributed by atoms with Gasteiger partial charge in [-0.3, -0.25) is 4.31 Å². The third-order valence-corrected chi connectivity index (χ3v) is 6.78. The van der Waals surface area contributed by atoms with Crippen LogP contribution in [0.25, 0.3) is 0 Å². The molecule has 0 atom stereocenters. The molecule has 0 fully saturated rings. The van der Waals surface area contributed by atoms with Crippen molar-refractivity contribution in [2.75, 3.05) is 16.6 Å². The molecule has 0 radical (unpaired) electrons. The first-order valence-electron chi connectivity index (χ1n) is 6.15. The zero-order valence-electron chi connectivity index (χ0n) is 10.5. The maximum Gasteiger partial charge on any atom is 0.273 e. The molecule has 106 valence electrons. The highest BCUT2D eigenvalue weighted by molar-refractivity contribution is 7.94. The number of hydrogen-bond acceptors (Lipinski definition) is 4. The number of thiophene rings is 1. The zero-order valence-corrected chi connectivity index (χ0v) is 12.9. The minimum Gasteiger partial charge on any atom is -0.399 e. The van der Waals surface area contributed by atoms with Gasteiger partial charge in [0, 0.05) is 12.2 Å². The van der Waals surface area contributed by atoms with E-state index in [1.807, 2.05) is 6.07 Å². The Morgan fingerprint density at radius 1 is 1.25 bits per heavy atom. The molecule has 1 aliphatic heterocycles. The molecule has 0 saturated heterocycles. The van der Waals surface area contributed by atoms with Crippen LogP contribution in [0.4, 0.5) is 11.4 Å². The number of nitrogens with zero attached hydrogens (tertiary/aromatic N) is 1. The van der Waals surface area contributed by atoms with Crippen molar-refractivity contribution in [1.29, 1.82) is 0 Å². The lowest BCUT2D eigenvalue weighted by molar-refractivity contribution is 0.588. The highest BCUT2D eigenvalue weighted by Crippen LogP contribution is 2.35. The maximum atomic E-state index is 12.7. The smallest absolute Gasteiger partial charge is 0.273 e. The van der Waals surface area contributed by atoms with Gasteiger partial charge in [-0.05, 0) is 48.7 Å². The van der Waals surface area contributed by atoms with E-state index in [0.29, 0.717) is 16.6 Å². The highest BCUT2D eigenvalue weighted by Gasteiger charge is 2.30. The topological polar surface area (TPSA) is 63.4 Å². The van der Waals surface area contributed by atoms with Crippen LogP contribution in [0.5, 0.6) is 0 Å². The Hall–Kier alpha value is -1.24. The van der Waals surface area contributed by atoms with Crippen molar-refractivity contribution in [2.24, 2.45) is 0 Å². The molecule has 0 bridgehead atoms. The predicted molar refractivity (Wildman–Crippen MR) is 83.0 cm³/mol. The van der Waals surface area contributed by atoms with Crippen molar-refractivity contribution in [3.8, 4) is 0 Å². The number of hydrogen-bond donors (Lipinski definition) is 1. The lowest BCUT2D eigenvalue weighted by Crippen LogP contribution is -2.35. The number of benzene rings is 1. The van der Waals surface area contributed by atoms with Crippen LogP contribution < -0.4 is 10.0 Å². The van der Waals surface area contributed by atoms with Crippen LogP contribution in [-0.4, -0.2) is 15.0 Å². The summed E-state index contributed by atoms with van der Waals surface area (Å²) in [5, 5.41) is 0. The number of aryl methyl sites for hydroxylation is 1. The van der Waals surface area contributed by atoms with E-state index in [0.717, 1.165) is 35.4 Å². The number of fused-ring (bicyclic) bond motifs is 1. The van der Waals surface area contributed by atoms with Crippen molar-refractivity contribution in [1.82, 2.24) is 0 Å². The Morgan fingerprint density at radius 2 is 2.05 bits per heavy atom. The normalized spacial score (nSPS) is 15.2. The van der Waals surface area contributed by atoms with Gasteiger partial charge in [-0.25, -0.2) is 8.42 Å². The number of sulfonamides is 1. The molecule has 2 aromatic rings. The molecule has 1 aliphatic rings. The van der Waals surface area contributed by atoms with Crippen molar-refractivity contribution in [3.63, 3.8) is 0 Å². The molecule has 0 aliphatic carbocycles. The van der Waals surface area contributed by atoms with E-state index in [-0.39, 0.29) is 4.21 Å². The van der Waals surface area contributed by atoms with E-state index < -0.39 is 10.0 Å². The second kappa shape index (κ2) is 4.95. The summed E-state index contributed by atoms with van der Waals surface area (Å²) in [4.78, 5) is 0. The Kier molecular flexibility index (Phi) is 3.40. The maximum absolute atomic E-state index is 12.7. The summed E-state index contributed by atoms with van der Waals surface area (Å²) in [5.41, 5.74) is 8.11. The molecular weight excluding hydrogens is 316 g/mol. The largest absolute Gasteiger partial charge is 0.399 e. The summed E-state index contributed by atoms with van der Waals surface area (Å²) in [5.74, 6) is 0. The van der Waals surface area contributed by atoms with E-state index in [1.54, 1.807) is 24.3 Å². The average Bonchev–Trinajstić information content (AvgIpc) is 2.85. The predicted octanol–water partition coefficient (Wildman–Crippen LogP) is 3.13. The Morgan fingerprint density at radius 3 is 2.75 bits per heavy atom. The second-order valence-corrected chi connectivity index (χ2v) is 8.43. The molecule has 1 aromatic carbocycles. The fourth-order valence-corrected chi connectivity index (χ4v) is 5.52. The van der Waals surface area contributed by atoms with Gasteiger partial charge in [0.25, 0.3) is 10.0 Å². The number of anilines is 2. The Labute approximate surface area is 126 Å². The van der Waals surface area contributed by atoms with Crippen LogP contribution in [0, 0.1) is 0 Å². The Balaban J connectivity index is 2.08. The van der Waals surface area contributed by atoms with Crippen molar-refractivity contribution in [2.45, 2.75) is 17.1 Å². The molecule has 7 heteroatoms. The van der Waals surface area contributed by atoms with Crippen LogP contribution >= 0.6 is 22.9 Å². The number of halogens is 1. The van der Waals surface area contributed by atoms with Crippen LogP contribution in [0.3, 0.4) is 0 Å². The Bertz CT molecular complexity index is 755. The molecule has 4 nitrogen and oxygen atoms in total. The third-order valence-electron chi connectivity index (χ3n) is 3.27. The molecular formula is C13H13ClN2O2S2. The summed E-state index contributed by atoms with van der Waals surface area (Å²) in [7, 11) is -3.54.